The van der Waals surface area contributed by atoms with Crippen molar-refractivity contribution in [3.63, 3.8) is 0 Å². The van der Waals surface area contributed by atoms with Crippen LogP contribution < -0.4 is 10.6 Å². The number of alkyl halides is 3. The topological polar surface area (TPSA) is 84.7 Å². The molecule has 4 rings (SSSR count). The van der Waals surface area contributed by atoms with Gasteiger partial charge in [0.05, 0.1) is 41.9 Å². The quantitative estimate of drug-likeness (QED) is 0.539. The van der Waals surface area contributed by atoms with Gasteiger partial charge in [0.15, 0.2) is 0 Å². The molecule has 1 aliphatic heterocycles. The predicted octanol–water partition coefficient (Wildman–Crippen LogP) is 3.71. The Hall–Kier alpha value is -3.50. The maximum Gasteiger partial charge on any atom is 0.266 e. The highest BCUT2D eigenvalue weighted by Crippen LogP contribution is 2.29. The van der Waals surface area contributed by atoms with E-state index in [-0.39, 0.29) is 24.4 Å². The van der Waals surface area contributed by atoms with E-state index in [1.807, 2.05) is 0 Å². The fraction of sp³-hybridized carbons (Fsp3) is 0.333. The van der Waals surface area contributed by atoms with E-state index in [1.54, 1.807) is 19.2 Å². The average Bonchev–Trinajstić information content (AvgIpc) is 3.40. The SMILES string of the molecule is C[C@H](Nc1nccc([C@@H]2C(=O)NCC2CF)n1)c1cn(-c2ccc(C(F)F)c(F)c2)cn1. The first-order valence-electron chi connectivity index (χ1n) is 9.92. The Kier molecular flexibility index (Phi) is 6.06. The number of nitrogens with zero attached hydrogens (tertiary/aromatic N) is 4. The number of rotatable bonds is 7. The number of hydrogen-bond acceptors (Lipinski definition) is 5. The second-order valence-corrected chi connectivity index (χ2v) is 7.52. The molecular weight excluding hydrogens is 428 g/mol. The lowest BCUT2D eigenvalue weighted by atomic mass is 9.93. The van der Waals surface area contributed by atoms with E-state index in [1.165, 1.54) is 23.2 Å². The Morgan fingerprint density at radius 2 is 2.09 bits per heavy atom. The molecule has 1 aromatic carbocycles. The van der Waals surface area contributed by atoms with Gasteiger partial charge in [0, 0.05) is 30.5 Å². The summed E-state index contributed by atoms with van der Waals surface area (Å²) >= 11 is 0. The summed E-state index contributed by atoms with van der Waals surface area (Å²) in [5, 5.41) is 5.72. The predicted molar refractivity (Wildman–Crippen MR) is 108 cm³/mol. The highest BCUT2D eigenvalue weighted by Gasteiger charge is 2.37. The Balaban J connectivity index is 1.50. The van der Waals surface area contributed by atoms with Crippen LogP contribution in [-0.2, 0) is 4.79 Å². The van der Waals surface area contributed by atoms with Gasteiger partial charge in [-0.05, 0) is 31.2 Å². The second kappa shape index (κ2) is 8.93. The minimum Gasteiger partial charge on any atom is -0.355 e. The maximum atomic E-state index is 13.9. The lowest BCUT2D eigenvalue weighted by Crippen LogP contribution is -2.20. The van der Waals surface area contributed by atoms with Crippen molar-refractivity contribution in [1.29, 1.82) is 0 Å². The summed E-state index contributed by atoms with van der Waals surface area (Å²) in [5.41, 5.74) is 0.678. The molecule has 168 valence electrons. The second-order valence-electron chi connectivity index (χ2n) is 7.52. The first kappa shape index (κ1) is 21.7. The van der Waals surface area contributed by atoms with Crippen molar-refractivity contribution < 1.29 is 22.4 Å². The van der Waals surface area contributed by atoms with Gasteiger partial charge in [0.1, 0.15) is 5.82 Å². The lowest BCUT2D eigenvalue weighted by molar-refractivity contribution is -0.120. The number of carbonyl (C=O) groups is 1. The monoisotopic (exact) mass is 448 g/mol. The van der Waals surface area contributed by atoms with E-state index in [0.717, 1.165) is 12.1 Å². The van der Waals surface area contributed by atoms with Crippen molar-refractivity contribution >= 4 is 11.9 Å². The zero-order valence-electron chi connectivity index (χ0n) is 17.0. The molecule has 0 radical (unpaired) electrons. The number of carbonyl (C=O) groups excluding carboxylic acids is 1. The Labute approximate surface area is 180 Å². The Morgan fingerprint density at radius 3 is 2.81 bits per heavy atom. The van der Waals surface area contributed by atoms with Gasteiger partial charge in [-0.1, -0.05) is 0 Å². The molecule has 0 aliphatic carbocycles. The van der Waals surface area contributed by atoms with Gasteiger partial charge in [-0.25, -0.2) is 28.1 Å². The third-order valence-corrected chi connectivity index (χ3v) is 5.40. The van der Waals surface area contributed by atoms with E-state index in [0.29, 0.717) is 17.1 Å². The molecule has 32 heavy (non-hydrogen) atoms. The number of amides is 1. The fourth-order valence-corrected chi connectivity index (χ4v) is 3.63. The molecule has 1 unspecified atom stereocenters. The third kappa shape index (κ3) is 4.27. The number of aromatic nitrogens is 4. The lowest BCUT2D eigenvalue weighted by Gasteiger charge is -2.15. The van der Waals surface area contributed by atoms with Gasteiger partial charge < -0.3 is 15.2 Å². The van der Waals surface area contributed by atoms with Crippen molar-refractivity contribution in [2.45, 2.75) is 25.3 Å². The van der Waals surface area contributed by atoms with Crippen molar-refractivity contribution in [3.05, 3.63) is 65.8 Å². The molecule has 2 N–H and O–H groups in total. The molecule has 2 aromatic heterocycles. The molecular formula is C21H20F4N6O. The smallest absolute Gasteiger partial charge is 0.266 e. The maximum absolute atomic E-state index is 13.9. The first-order valence-corrected chi connectivity index (χ1v) is 9.92. The van der Waals surface area contributed by atoms with E-state index in [9.17, 15) is 22.4 Å². The van der Waals surface area contributed by atoms with Crippen LogP contribution in [-0.4, -0.2) is 38.6 Å². The summed E-state index contributed by atoms with van der Waals surface area (Å²) in [7, 11) is 0. The summed E-state index contributed by atoms with van der Waals surface area (Å²) in [4.78, 5) is 24.9. The largest absolute Gasteiger partial charge is 0.355 e. The minimum atomic E-state index is -2.89. The summed E-state index contributed by atoms with van der Waals surface area (Å²) in [6.45, 7) is 1.43. The highest BCUT2D eigenvalue weighted by atomic mass is 19.3. The normalized spacial score (nSPS) is 19.2. The summed E-state index contributed by atoms with van der Waals surface area (Å²) in [5.74, 6) is -2.17. The van der Waals surface area contributed by atoms with E-state index in [4.69, 9.17) is 0 Å². The number of halogens is 4. The molecule has 11 heteroatoms. The number of nitrogens with one attached hydrogen (secondary N) is 2. The molecule has 0 saturated carbocycles. The van der Waals surface area contributed by atoms with Gasteiger partial charge in [-0.3, -0.25) is 9.18 Å². The van der Waals surface area contributed by atoms with E-state index < -0.39 is 36.3 Å². The van der Waals surface area contributed by atoms with Crippen molar-refractivity contribution in [3.8, 4) is 5.69 Å². The van der Waals surface area contributed by atoms with Crippen LogP contribution in [0.25, 0.3) is 5.69 Å². The van der Waals surface area contributed by atoms with Crippen LogP contribution in [0.3, 0.4) is 0 Å². The standard InChI is InChI=1S/C21H20F4N6O/c1-11(17-9-31(10-28-17)13-2-3-14(19(24)25)15(23)6-13)29-21-26-5-4-16(30-21)18-12(7-22)8-27-20(18)32/h2-6,9-12,18-19H,7-8H2,1H3,(H,27,32)(H,26,29,30)/t11-,12?,18+/m0/s1. The molecule has 7 nitrogen and oxygen atoms in total. The number of hydrogen-bond donors (Lipinski definition) is 2. The van der Waals surface area contributed by atoms with Crippen LogP contribution >= 0.6 is 0 Å². The molecule has 1 aliphatic rings. The molecule has 1 fully saturated rings. The van der Waals surface area contributed by atoms with Crippen LogP contribution in [0.5, 0.6) is 0 Å². The zero-order chi connectivity index (χ0) is 22.8. The van der Waals surface area contributed by atoms with Crippen LogP contribution in [0.4, 0.5) is 23.5 Å². The summed E-state index contributed by atoms with van der Waals surface area (Å²) < 4.78 is 54.1. The van der Waals surface area contributed by atoms with Gasteiger partial charge >= 0.3 is 0 Å². The number of imidazole rings is 1. The van der Waals surface area contributed by atoms with Crippen LogP contribution in [0.15, 0.2) is 43.0 Å². The van der Waals surface area contributed by atoms with Crippen LogP contribution in [0, 0.1) is 11.7 Å². The van der Waals surface area contributed by atoms with Crippen molar-refractivity contribution in [1.82, 2.24) is 24.8 Å². The van der Waals surface area contributed by atoms with Gasteiger partial charge in [-0.15, -0.1) is 0 Å². The van der Waals surface area contributed by atoms with Gasteiger partial charge in [-0.2, -0.15) is 0 Å². The Bertz CT molecular complexity index is 1120. The molecule has 0 spiro atoms. The molecule has 3 heterocycles. The van der Waals surface area contributed by atoms with Crippen molar-refractivity contribution in [2.24, 2.45) is 5.92 Å². The highest BCUT2D eigenvalue weighted by molar-refractivity contribution is 5.85. The van der Waals surface area contributed by atoms with Crippen molar-refractivity contribution in [2.75, 3.05) is 18.5 Å². The van der Waals surface area contributed by atoms with Crippen LogP contribution in [0.1, 0.15) is 42.3 Å². The Morgan fingerprint density at radius 1 is 1.28 bits per heavy atom. The van der Waals surface area contributed by atoms with Gasteiger partial charge in [0.2, 0.25) is 11.9 Å². The molecule has 3 atom stereocenters. The minimum absolute atomic E-state index is 0.245. The van der Waals surface area contributed by atoms with E-state index >= 15 is 0 Å². The van der Waals surface area contributed by atoms with Crippen LogP contribution in [0.2, 0.25) is 0 Å². The summed E-state index contributed by atoms with van der Waals surface area (Å²) in [6, 6.07) is 4.66. The molecule has 0 bridgehead atoms. The number of benzene rings is 1. The van der Waals surface area contributed by atoms with Gasteiger partial charge in [0.25, 0.3) is 6.43 Å². The molecule has 1 saturated heterocycles. The average molecular weight is 448 g/mol. The fourth-order valence-electron chi connectivity index (χ4n) is 3.63. The number of anilines is 1. The van der Waals surface area contributed by atoms with E-state index in [2.05, 4.69) is 25.6 Å². The molecule has 3 aromatic rings. The molecule has 1 amide bonds. The first-order chi connectivity index (χ1) is 15.4. The zero-order valence-corrected chi connectivity index (χ0v) is 17.0. The summed E-state index contributed by atoms with van der Waals surface area (Å²) in [6.07, 6.45) is 1.67. The third-order valence-electron chi connectivity index (χ3n) is 5.40.